The van der Waals surface area contributed by atoms with Crippen molar-refractivity contribution in [2.75, 3.05) is 13.2 Å². The maximum absolute atomic E-state index is 12.9. The molecule has 1 atom stereocenters. The lowest BCUT2D eigenvalue weighted by Gasteiger charge is -2.18. The minimum atomic E-state index is -0.799. The summed E-state index contributed by atoms with van der Waals surface area (Å²) >= 11 is 0. The van der Waals surface area contributed by atoms with Crippen molar-refractivity contribution < 1.29 is 28.6 Å². The second-order valence-electron chi connectivity index (χ2n) is 19.2. The molecular formula is C65H108O6. The van der Waals surface area contributed by atoms with Gasteiger partial charge in [-0.3, -0.25) is 14.4 Å². The summed E-state index contributed by atoms with van der Waals surface area (Å²) < 4.78 is 16.8. The number of carbonyl (C=O) groups is 3. The first-order valence-electron chi connectivity index (χ1n) is 29.4. The highest BCUT2D eigenvalue weighted by atomic mass is 16.6. The fourth-order valence-corrected chi connectivity index (χ4v) is 7.82. The van der Waals surface area contributed by atoms with Crippen molar-refractivity contribution in [3.05, 3.63) is 109 Å². The Hall–Kier alpha value is -3.93. The van der Waals surface area contributed by atoms with Crippen molar-refractivity contribution in [2.24, 2.45) is 0 Å². The van der Waals surface area contributed by atoms with Crippen LogP contribution in [-0.2, 0) is 28.6 Å². The number of hydrogen-bond donors (Lipinski definition) is 0. The molecule has 0 bridgehead atoms. The number of rotatable bonds is 52. The van der Waals surface area contributed by atoms with Crippen molar-refractivity contribution in [3.8, 4) is 0 Å². The van der Waals surface area contributed by atoms with Crippen LogP contribution in [0.4, 0.5) is 0 Å². The van der Waals surface area contributed by atoms with E-state index in [-0.39, 0.29) is 31.1 Å². The van der Waals surface area contributed by atoms with Gasteiger partial charge in [0, 0.05) is 19.3 Å². The van der Waals surface area contributed by atoms with Gasteiger partial charge in [0.25, 0.3) is 0 Å². The molecule has 0 heterocycles. The SMILES string of the molecule is CC/C=C\C/C=C\C/C=C\C/C=C\C/C=C\C/C=C\CCCCCCC(=O)OCC(COC(=O)CCCCCCC/C=C\CCCCC)OC(=O)CCCCCCCCC/C=C\C/C=C\CCCCCC. The van der Waals surface area contributed by atoms with E-state index < -0.39 is 6.10 Å². The largest absolute Gasteiger partial charge is 0.462 e. The summed E-state index contributed by atoms with van der Waals surface area (Å²) in [5.74, 6) is -0.936. The van der Waals surface area contributed by atoms with Crippen LogP contribution >= 0.6 is 0 Å². The Morgan fingerprint density at radius 3 is 0.901 bits per heavy atom. The second-order valence-corrected chi connectivity index (χ2v) is 19.2. The zero-order chi connectivity index (χ0) is 51.4. The first-order valence-corrected chi connectivity index (χ1v) is 29.4. The van der Waals surface area contributed by atoms with Gasteiger partial charge in [0.2, 0.25) is 0 Å². The van der Waals surface area contributed by atoms with Gasteiger partial charge < -0.3 is 14.2 Å². The van der Waals surface area contributed by atoms with Gasteiger partial charge in [-0.25, -0.2) is 0 Å². The molecule has 0 N–H and O–H groups in total. The Morgan fingerprint density at radius 1 is 0.296 bits per heavy atom. The van der Waals surface area contributed by atoms with Crippen molar-refractivity contribution in [2.45, 2.75) is 271 Å². The van der Waals surface area contributed by atoms with Crippen LogP contribution in [-0.4, -0.2) is 37.2 Å². The van der Waals surface area contributed by atoms with Gasteiger partial charge in [-0.15, -0.1) is 0 Å². The zero-order valence-corrected chi connectivity index (χ0v) is 46.2. The van der Waals surface area contributed by atoms with E-state index in [1.807, 2.05) is 0 Å². The maximum Gasteiger partial charge on any atom is 0.306 e. The summed E-state index contributed by atoms with van der Waals surface area (Å²) in [5.41, 5.74) is 0. The van der Waals surface area contributed by atoms with Gasteiger partial charge in [0.05, 0.1) is 0 Å². The topological polar surface area (TPSA) is 78.9 Å². The monoisotopic (exact) mass is 985 g/mol. The standard InChI is InChI=1S/C65H108O6/c1-4-7-10-13-16-19-22-25-27-29-31-32-33-34-35-37-38-40-43-46-49-52-55-58-64(67)70-61-62(60-69-63(66)57-54-51-48-45-42-24-21-18-15-12-9-6-3)71-65(68)59-56-53-50-47-44-41-39-36-30-28-26-23-20-17-14-11-8-5-2/h7,10,16,18-21,23,25,27-28,30-32,34-35,38,40,62H,4-6,8-9,11-15,17,22,24,26,29,33,36-37,39,41-61H2,1-3H3/b10-7-,19-16-,21-18-,23-20-,27-25-,30-28-,32-31-,35-34-,40-38-. The van der Waals surface area contributed by atoms with E-state index in [0.29, 0.717) is 19.3 Å². The minimum absolute atomic E-state index is 0.0952. The summed E-state index contributed by atoms with van der Waals surface area (Å²) in [6.45, 7) is 6.45. The molecule has 0 aromatic carbocycles. The summed E-state index contributed by atoms with van der Waals surface area (Å²) in [5, 5.41) is 0. The molecule has 6 nitrogen and oxygen atoms in total. The maximum atomic E-state index is 12.9. The van der Waals surface area contributed by atoms with Crippen molar-refractivity contribution >= 4 is 17.9 Å². The number of ether oxygens (including phenoxy) is 3. The predicted octanol–water partition coefficient (Wildman–Crippen LogP) is 19.9. The van der Waals surface area contributed by atoms with Crippen LogP contribution in [0.5, 0.6) is 0 Å². The fourth-order valence-electron chi connectivity index (χ4n) is 7.82. The third-order valence-corrected chi connectivity index (χ3v) is 12.2. The first kappa shape index (κ1) is 67.1. The first-order chi connectivity index (χ1) is 35.0. The number of unbranched alkanes of at least 4 members (excludes halogenated alkanes) is 23. The number of hydrogen-bond acceptors (Lipinski definition) is 6. The molecule has 0 aromatic heterocycles. The fraction of sp³-hybridized carbons (Fsp3) is 0.677. The molecule has 71 heavy (non-hydrogen) atoms. The highest BCUT2D eigenvalue weighted by molar-refractivity contribution is 5.71. The van der Waals surface area contributed by atoms with Gasteiger partial charge >= 0.3 is 17.9 Å². The van der Waals surface area contributed by atoms with Crippen LogP contribution in [0, 0.1) is 0 Å². The summed E-state index contributed by atoms with van der Waals surface area (Å²) in [7, 11) is 0. The Bertz CT molecular complexity index is 1460. The Kier molecular flexibility index (Phi) is 55.4. The van der Waals surface area contributed by atoms with E-state index in [0.717, 1.165) is 135 Å². The second kappa shape index (κ2) is 58.6. The smallest absolute Gasteiger partial charge is 0.306 e. The van der Waals surface area contributed by atoms with Crippen LogP contribution in [0.3, 0.4) is 0 Å². The molecule has 0 aromatic rings. The molecule has 0 saturated heterocycles. The average Bonchev–Trinajstić information content (AvgIpc) is 3.37. The molecule has 0 radical (unpaired) electrons. The molecule has 0 rings (SSSR count). The molecule has 0 aliphatic heterocycles. The minimum Gasteiger partial charge on any atom is -0.462 e. The summed E-state index contributed by atoms with van der Waals surface area (Å²) in [6.07, 6.45) is 79.3. The molecule has 0 amide bonds. The lowest BCUT2D eigenvalue weighted by atomic mass is 10.1. The molecule has 0 saturated carbocycles. The molecule has 0 fully saturated rings. The molecule has 1 unspecified atom stereocenters. The van der Waals surface area contributed by atoms with E-state index in [9.17, 15) is 14.4 Å². The van der Waals surface area contributed by atoms with Crippen LogP contribution in [0.1, 0.15) is 265 Å². The van der Waals surface area contributed by atoms with E-state index in [1.54, 1.807) is 0 Å². The third-order valence-electron chi connectivity index (χ3n) is 12.2. The van der Waals surface area contributed by atoms with Crippen LogP contribution in [0.2, 0.25) is 0 Å². The quantitative estimate of drug-likeness (QED) is 0.0261. The lowest BCUT2D eigenvalue weighted by molar-refractivity contribution is -0.167. The number of carbonyl (C=O) groups excluding carboxylic acids is 3. The van der Waals surface area contributed by atoms with Crippen molar-refractivity contribution in [3.63, 3.8) is 0 Å². The molecule has 6 heteroatoms. The third kappa shape index (κ3) is 56.9. The van der Waals surface area contributed by atoms with Crippen molar-refractivity contribution in [1.82, 2.24) is 0 Å². The van der Waals surface area contributed by atoms with Gasteiger partial charge in [0.1, 0.15) is 13.2 Å². The van der Waals surface area contributed by atoms with Crippen molar-refractivity contribution in [1.29, 1.82) is 0 Å². The molecule has 0 spiro atoms. The van der Waals surface area contributed by atoms with Gasteiger partial charge in [-0.2, -0.15) is 0 Å². The molecular weight excluding hydrogens is 877 g/mol. The van der Waals surface area contributed by atoms with E-state index in [1.165, 1.54) is 89.9 Å². The predicted molar refractivity (Wildman–Crippen MR) is 307 cm³/mol. The Balaban J connectivity index is 4.43. The molecule has 0 aliphatic carbocycles. The molecule has 404 valence electrons. The van der Waals surface area contributed by atoms with E-state index >= 15 is 0 Å². The Morgan fingerprint density at radius 2 is 0.549 bits per heavy atom. The van der Waals surface area contributed by atoms with Crippen LogP contribution in [0.15, 0.2) is 109 Å². The van der Waals surface area contributed by atoms with E-state index in [4.69, 9.17) is 14.2 Å². The van der Waals surface area contributed by atoms with Gasteiger partial charge in [-0.1, -0.05) is 226 Å². The average molecular weight is 986 g/mol. The highest BCUT2D eigenvalue weighted by Crippen LogP contribution is 2.14. The summed E-state index contributed by atoms with van der Waals surface area (Å²) in [6, 6.07) is 0. The van der Waals surface area contributed by atoms with E-state index in [2.05, 4.69) is 130 Å². The molecule has 0 aliphatic rings. The van der Waals surface area contributed by atoms with Crippen LogP contribution < -0.4 is 0 Å². The number of allylic oxidation sites excluding steroid dienone is 18. The Labute approximate surface area is 438 Å². The lowest BCUT2D eigenvalue weighted by Crippen LogP contribution is -2.30. The van der Waals surface area contributed by atoms with Crippen LogP contribution in [0.25, 0.3) is 0 Å². The zero-order valence-electron chi connectivity index (χ0n) is 46.2. The number of esters is 3. The summed E-state index contributed by atoms with van der Waals surface area (Å²) in [4.78, 5) is 38.2. The van der Waals surface area contributed by atoms with Gasteiger partial charge in [-0.05, 0) is 128 Å². The highest BCUT2D eigenvalue weighted by Gasteiger charge is 2.19. The normalized spacial score (nSPS) is 12.9. The van der Waals surface area contributed by atoms with Gasteiger partial charge in [0.15, 0.2) is 6.10 Å².